The Labute approximate surface area is 176 Å². The Bertz CT molecular complexity index is 783. The molecule has 7 nitrogen and oxygen atoms in total. The summed E-state index contributed by atoms with van der Waals surface area (Å²) >= 11 is 0. The third-order valence-corrected chi connectivity index (χ3v) is 4.61. The summed E-state index contributed by atoms with van der Waals surface area (Å²) in [7, 11) is 0. The summed E-state index contributed by atoms with van der Waals surface area (Å²) in [6.45, 7) is 3.76. The van der Waals surface area contributed by atoms with Gasteiger partial charge in [0.25, 0.3) is 5.91 Å². The van der Waals surface area contributed by atoms with Crippen LogP contribution in [-0.4, -0.2) is 47.9 Å². The highest BCUT2D eigenvalue weighted by Gasteiger charge is 2.29. The average molecular weight is 429 g/mol. The highest BCUT2D eigenvalue weighted by molar-refractivity contribution is 5.96. The second-order valence-corrected chi connectivity index (χ2v) is 6.48. The molecule has 1 aliphatic heterocycles. The quantitative estimate of drug-likeness (QED) is 0.760. The Morgan fingerprint density at radius 1 is 1.32 bits per heavy atom. The molecule has 2 amide bonds. The van der Waals surface area contributed by atoms with Crippen LogP contribution in [0.4, 0.5) is 0 Å². The van der Waals surface area contributed by atoms with Crippen LogP contribution in [0.5, 0.6) is 0 Å². The van der Waals surface area contributed by atoms with Gasteiger partial charge in [0, 0.05) is 26.2 Å². The molecule has 0 aliphatic carbocycles. The molecule has 1 unspecified atom stereocenters. The largest absolute Gasteiger partial charge is 0.463 e. The van der Waals surface area contributed by atoms with Crippen LogP contribution in [-0.2, 0) is 4.79 Å². The number of aryl methyl sites for hydroxylation is 1. The lowest BCUT2D eigenvalue weighted by atomic mass is 9.96. The Balaban J connectivity index is 0.00000196. The van der Waals surface area contributed by atoms with Gasteiger partial charge in [-0.3, -0.25) is 9.59 Å². The van der Waals surface area contributed by atoms with E-state index in [0.717, 1.165) is 12.8 Å². The van der Waals surface area contributed by atoms with Gasteiger partial charge in [-0.15, -0.1) is 24.8 Å². The predicted octanol–water partition coefficient (Wildman–Crippen LogP) is 2.42. The molecule has 3 heterocycles. The Morgan fingerprint density at radius 2 is 2.11 bits per heavy atom. The number of piperidine rings is 1. The molecular formula is C19H26Cl2N4O3. The topological polar surface area (TPSA) is 101 Å². The standard InChI is InChI=1S/C19H24N4O3.2ClH/c1-13-15(6-7-16(22-13)17-5-3-11-26-17)19(25)23-10-2-4-14(12-23)18(24)21-9-8-20;;/h3,5-7,11,14H,2,4,8-10,12,20H2,1H3,(H,21,24);2*1H. The maximum atomic E-state index is 12.9. The van der Waals surface area contributed by atoms with Crippen LogP contribution in [0.15, 0.2) is 34.9 Å². The number of nitrogens with zero attached hydrogens (tertiary/aromatic N) is 2. The Morgan fingerprint density at radius 3 is 2.75 bits per heavy atom. The number of pyridine rings is 1. The van der Waals surface area contributed by atoms with Crippen molar-refractivity contribution in [2.45, 2.75) is 19.8 Å². The zero-order valence-electron chi connectivity index (χ0n) is 15.7. The van der Waals surface area contributed by atoms with E-state index in [1.165, 1.54) is 0 Å². The lowest BCUT2D eigenvalue weighted by Crippen LogP contribution is -2.46. The van der Waals surface area contributed by atoms with E-state index in [1.807, 2.05) is 13.0 Å². The van der Waals surface area contributed by atoms with E-state index >= 15 is 0 Å². The summed E-state index contributed by atoms with van der Waals surface area (Å²) in [4.78, 5) is 31.3. The molecule has 0 radical (unpaired) electrons. The Hall–Kier alpha value is -2.09. The minimum atomic E-state index is -0.185. The fourth-order valence-corrected chi connectivity index (χ4v) is 3.23. The first-order valence-electron chi connectivity index (χ1n) is 8.88. The van der Waals surface area contributed by atoms with E-state index in [4.69, 9.17) is 10.2 Å². The molecule has 2 aromatic heterocycles. The minimum Gasteiger partial charge on any atom is -0.463 e. The SMILES string of the molecule is Cc1nc(-c2ccco2)ccc1C(=O)N1CCCC(C(=O)NCCN)C1.Cl.Cl. The number of carbonyl (C=O) groups excluding carboxylic acids is 2. The number of carbonyl (C=O) groups is 2. The van der Waals surface area contributed by atoms with Gasteiger partial charge in [-0.05, 0) is 44.0 Å². The van der Waals surface area contributed by atoms with Crippen LogP contribution in [0.2, 0.25) is 0 Å². The molecule has 0 aromatic carbocycles. The first-order chi connectivity index (χ1) is 12.6. The molecule has 0 spiro atoms. The van der Waals surface area contributed by atoms with E-state index < -0.39 is 0 Å². The smallest absolute Gasteiger partial charge is 0.255 e. The van der Waals surface area contributed by atoms with Crippen molar-refractivity contribution in [3.05, 3.63) is 41.8 Å². The highest BCUT2D eigenvalue weighted by atomic mass is 35.5. The van der Waals surface area contributed by atoms with Crippen molar-refractivity contribution in [3.63, 3.8) is 0 Å². The fourth-order valence-electron chi connectivity index (χ4n) is 3.23. The van der Waals surface area contributed by atoms with Crippen LogP contribution in [0.1, 0.15) is 28.9 Å². The highest BCUT2D eigenvalue weighted by Crippen LogP contribution is 2.23. The van der Waals surface area contributed by atoms with E-state index in [-0.39, 0.29) is 42.5 Å². The van der Waals surface area contributed by atoms with Crippen molar-refractivity contribution in [2.24, 2.45) is 11.7 Å². The number of nitrogens with two attached hydrogens (primary N) is 1. The number of nitrogens with one attached hydrogen (secondary N) is 1. The lowest BCUT2D eigenvalue weighted by Gasteiger charge is -2.32. The molecule has 154 valence electrons. The molecule has 1 fully saturated rings. The molecule has 3 N–H and O–H groups in total. The van der Waals surface area contributed by atoms with Crippen LogP contribution in [0, 0.1) is 12.8 Å². The number of hydrogen-bond acceptors (Lipinski definition) is 5. The number of halogens is 2. The van der Waals surface area contributed by atoms with E-state index in [2.05, 4.69) is 10.3 Å². The van der Waals surface area contributed by atoms with Gasteiger partial charge in [-0.1, -0.05) is 0 Å². The summed E-state index contributed by atoms with van der Waals surface area (Å²) in [5.41, 5.74) is 7.34. The van der Waals surface area contributed by atoms with Crippen molar-refractivity contribution in [1.82, 2.24) is 15.2 Å². The number of rotatable bonds is 5. The molecule has 1 atom stereocenters. The summed E-state index contributed by atoms with van der Waals surface area (Å²) in [5.74, 6) is 0.366. The van der Waals surface area contributed by atoms with Crippen molar-refractivity contribution >= 4 is 36.6 Å². The fraction of sp³-hybridized carbons (Fsp3) is 0.421. The average Bonchev–Trinajstić information content (AvgIpc) is 3.20. The maximum Gasteiger partial charge on any atom is 0.255 e. The molecule has 1 saturated heterocycles. The van der Waals surface area contributed by atoms with Crippen molar-refractivity contribution in [3.8, 4) is 11.5 Å². The second-order valence-electron chi connectivity index (χ2n) is 6.48. The third-order valence-electron chi connectivity index (χ3n) is 4.61. The van der Waals surface area contributed by atoms with Crippen molar-refractivity contribution < 1.29 is 14.0 Å². The zero-order valence-corrected chi connectivity index (χ0v) is 17.4. The van der Waals surface area contributed by atoms with Gasteiger partial charge in [-0.2, -0.15) is 0 Å². The first-order valence-corrected chi connectivity index (χ1v) is 8.88. The number of hydrogen-bond donors (Lipinski definition) is 2. The minimum absolute atomic E-state index is 0. The summed E-state index contributed by atoms with van der Waals surface area (Å²) in [6, 6.07) is 7.20. The van der Waals surface area contributed by atoms with Gasteiger partial charge in [0.15, 0.2) is 5.76 Å². The monoisotopic (exact) mass is 428 g/mol. The molecular weight excluding hydrogens is 403 g/mol. The van der Waals surface area contributed by atoms with E-state index in [9.17, 15) is 9.59 Å². The number of likely N-dealkylation sites (tertiary alicyclic amines) is 1. The van der Waals surface area contributed by atoms with Gasteiger partial charge in [0.2, 0.25) is 5.91 Å². The van der Waals surface area contributed by atoms with Crippen LogP contribution >= 0.6 is 24.8 Å². The van der Waals surface area contributed by atoms with Gasteiger partial charge in [0.1, 0.15) is 5.69 Å². The van der Waals surface area contributed by atoms with Crippen LogP contribution in [0.3, 0.4) is 0 Å². The predicted molar refractivity (Wildman–Crippen MR) is 112 cm³/mol. The van der Waals surface area contributed by atoms with E-state index in [1.54, 1.807) is 29.4 Å². The molecule has 1 aliphatic rings. The van der Waals surface area contributed by atoms with Crippen molar-refractivity contribution in [1.29, 1.82) is 0 Å². The molecule has 0 bridgehead atoms. The maximum absolute atomic E-state index is 12.9. The summed E-state index contributed by atoms with van der Waals surface area (Å²) in [6.07, 6.45) is 3.19. The molecule has 3 rings (SSSR count). The lowest BCUT2D eigenvalue weighted by molar-refractivity contribution is -0.126. The first kappa shape index (κ1) is 23.9. The summed E-state index contributed by atoms with van der Waals surface area (Å²) in [5, 5.41) is 2.81. The van der Waals surface area contributed by atoms with Crippen LogP contribution < -0.4 is 11.1 Å². The second kappa shape index (κ2) is 11.0. The number of amides is 2. The molecule has 2 aromatic rings. The summed E-state index contributed by atoms with van der Waals surface area (Å²) < 4.78 is 5.35. The van der Waals surface area contributed by atoms with Crippen molar-refractivity contribution in [2.75, 3.05) is 26.2 Å². The zero-order chi connectivity index (χ0) is 18.5. The number of aromatic nitrogens is 1. The van der Waals surface area contributed by atoms with Gasteiger partial charge >= 0.3 is 0 Å². The third kappa shape index (κ3) is 5.47. The van der Waals surface area contributed by atoms with Crippen LogP contribution in [0.25, 0.3) is 11.5 Å². The van der Waals surface area contributed by atoms with Gasteiger partial charge < -0.3 is 20.4 Å². The van der Waals surface area contributed by atoms with Gasteiger partial charge in [0.05, 0.1) is 23.4 Å². The molecule has 9 heteroatoms. The Kier molecular flexibility index (Phi) is 9.45. The normalized spacial score (nSPS) is 15.9. The van der Waals surface area contributed by atoms with E-state index in [0.29, 0.717) is 48.9 Å². The molecule has 0 saturated carbocycles. The van der Waals surface area contributed by atoms with Gasteiger partial charge in [-0.25, -0.2) is 4.98 Å². The molecule has 28 heavy (non-hydrogen) atoms. The number of furan rings is 1.